The van der Waals surface area contributed by atoms with Crippen LogP contribution in [0.2, 0.25) is 0 Å². The maximum Gasteiger partial charge on any atom is 0.153 e. The molecule has 0 unspecified atom stereocenters. The Morgan fingerprint density at radius 2 is 2.23 bits per heavy atom. The van der Waals surface area contributed by atoms with E-state index in [1.165, 1.54) is 5.54 Å². The molecule has 70 valence electrons. The van der Waals surface area contributed by atoms with Gasteiger partial charge in [0, 0.05) is 11.2 Å². The molecule has 0 fully saturated rings. The van der Waals surface area contributed by atoms with Gasteiger partial charge in [-0.2, -0.15) is 5.10 Å². The van der Waals surface area contributed by atoms with E-state index in [0.717, 1.165) is 17.7 Å². The molecule has 0 spiro atoms. The number of aromatic nitrogens is 2. The first kappa shape index (κ1) is 9.99. The van der Waals surface area contributed by atoms with E-state index in [9.17, 15) is 4.79 Å². The van der Waals surface area contributed by atoms with Gasteiger partial charge in [0.2, 0.25) is 0 Å². The lowest BCUT2D eigenvalue weighted by Gasteiger charge is -1.98. The zero-order valence-electron chi connectivity index (χ0n) is 7.62. The van der Waals surface area contributed by atoms with Gasteiger partial charge in [-0.15, -0.1) is 0 Å². The zero-order chi connectivity index (χ0) is 9.84. The standard InChI is InChI=1S/C9H11ClN2O/c1-7-9(6-13)8(2)12(11-7)5-3-4-10/h3-4,6H,5H2,1-2H3/b4-3+. The Hall–Kier alpha value is -1.09. The highest BCUT2D eigenvalue weighted by atomic mass is 35.5. The van der Waals surface area contributed by atoms with E-state index < -0.39 is 0 Å². The molecule has 0 amide bonds. The predicted molar refractivity (Wildman–Crippen MR) is 52.1 cm³/mol. The Morgan fingerprint density at radius 3 is 2.69 bits per heavy atom. The summed E-state index contributed by atoms with van der Waals surface area (Å²) >= 11 is 5.39. The number of aldehydes is 1. The first-order chi connectivity index (χ1) is 6.20. The van der Waals surface area contributed by atoms with Crippen LogP contribution in [-0.2, 0) is 6.54 Å². The van der Waals surface area contributed by atoms with Crippen molar-refractivity contribution in [3.05, 3.63) is 28.6 Å². The molecular weight excluding hydrogens is 188 g/mol. The van der Waals surface area contributed by atoms with Crippen LogP contribution in [0.5, 0.6) is 0 Å². The van der Waals surface area contributed by atoms with Crippen molar-refractivity contribution in [2.45, 2.75) is 20.4 Å². The average Bonchev–Trinajstić information content (AvgIpc) is 2.38. The monoisotopic (exact) mass is 198 g/mol. The van der Waals surface area contributed by atoms with Crippen LogP contribution in [0.25, 0.3) is 0 Å². The van der Waals surface area contributed by atoms with E-state index in [1.54, 1.807) is 10.8 Å². The molecular formula is C9H11ClN2O. The van der Waals surface area contributed by atoms with Gasteiger partial charge in [-0.25, -0.2) is 0 Å². The number of carbonyl (C=O) groups is 1. The highest BCUT2D eigenvalue weighted by Gasteiger charge is 2.08. The van der Waals surface area contributed by atoms with Gasteiger partial charge >= 0.3 is 0 Å². The lowest BCUT2D eigenvalue weighted by Crippen LogP contribution is -2.00. The molecule has 1 heterocycles. The number of hydrogen-bond acceptors (Lipinski definition) is 2. The maximum atomic E-state index is 10.6. The summed E-state index contributed by atoms with van der Waals surface area (Å²) in [7, 11) is 0. The fourth-order valence-corrected chi connectivity index (χ4v) is 1.28. The van der Waals surface area contributed by atoms with Crippen LogP contribution < -0.4 is 0 Å². The van der Waals surface area contributed by atoms with Gasteiger partial charge in [0.05, 0.1) is 17.8 Å². The summed E-state index contributed by atoms with van der Waals surface area (Å²) in [6.45, 7) is 4.29. The SMILES string of the molecule is Cc1nn(C/C=C/Cl)c(C)c1C=O. The van der Waals surface area contributed by atoms with Gasteiger partial charge in [-0.05, 0) is 13.8 Å². The molecule has 4 heteroatoms. The summed E-state index contributed by atoms with van der Waals surface area (Å²) < 4.78 is 1.75. The van der Waals surface area contributed by atoms with E-state index in [2.05, 4.69) is 5.10 Å². The smallest absolute Gasteiger partial charge is 0.153 e. The van der Waals surface area contributed by atoms with Crippen molar-refractivity contribution >= 4 is 17.9 Å². The first-order valence-corrected chi connectivity index (χ1v) is 4.38. The third-order valence-corrected chi connectivity index (χ3v) is 2.10. The minimum Gasteiger partial charge on any atom is -0.298 e. The third kappa shape index (κ3) is 1.98. The molecule has 0 aliphatic heterocycles. The van der Waals surface area contributed by atoms with Gasteiger partial charge in [-0.3, -0.25) is 9.48 Å². The molecule has 0 atom stereocenters. The van der Waals surface area contributed by atoms with Gasteiger partial charge in [-0.1, -0.05) is 17.7 Å². The average molecular weight is 199 g/mol. The lowest BCUT2D eigenvalue weighted by molar-refractivity contribution is 0.112. The number of halogens is 1. The quantitative estimate of drug-likeness (QED) is 0.697. The summed E-state index contributed by atoms with van der Waals surface area (Å²) in [5, 5.41) is 4.19. The fraction of sp³-hybridized carbons (Fsp3) is 0.333. The number of carbonyl (C=O) groups excluding carboxylic acids is 1. The molecule has 1 rings (SSSR count). The van der Waals surface area contributed by atoms with Crippen LogP contribution in [0.1, 0.15) is 21.7 Å². The second-order valence-corrected chi connectivity index (χ2v) is 3.00. The van der Waals surface area contributed by atoms with E-state index >= 15 is 0 Å². The highest BCUT2D eigenvalue weighted by molar-refractivity contribution is 6.25. The molecule has 0 saturated heterocycles. The van der Waals surface area contributed by atoms with Crippen molar-refractivity contribution in [3.63, 3.8) is 0 Å². The zero-order valence-corrected chi connectivity index (χ0v) is 8.38. The number of nitrogens with zero attached hydrogens (tertiary/aromatic N) is 2. The van der Waals surface area contributed by atoms with Crippen molar-refractivity contribution in [1.82, 2.24) is 9.78 Å². The Balaban J connectivity index is 3.03. The molecule has 0 aliphatic rings. The summed E-state index contributed by atoms with van der Waals surface area (Å²) in [5.41, 5.74) is 3.75. The normalized spacial score (nSPS) is 11.0. The second kappa shape index (κ2) is 4.23. The molecule has 1 aromatic rings. The highest BCUT2D eigenvalue weighted by Crippen LogP contribution is 2.09. The summed E-state index contributed by atoms with van der Waals surface area (Å²) in [5.74, 6) is 0. The van der Waals surface area contributed by atoms with Crippen LogP contribution in [0, 0.1) is 13.8 Å². The maximum absolute atomic E-state index is 10.6. The summed E-state index contributed by atoms with van der Waals surface area (Å²) in [6.07, 6.45) is 2.61. The molecule has 0 bridgehead atoms. The predicted octanol–water partition coefficient (Wildman–Crippen LogP) is 2.06. The number of allylic oxidation sites excluding steroid dienone is 1. The molecule has 0 aromatic carbocycles. The van der Waals surface area contributed by atoms with Crippen molar-refractivity contribution in [2.75, 3.05) is 0 Å². The molecule has 13 heavy (non-hydrogen) atoms. The summed E-state index contributed by atoms with van der Waals surface area (Å²) in [4.78, 5) is 10.6. The largest absolute Gasteiger partial charge is 0.298 e. The number of hydrogen-bond donors (Lipinski definition) is 0. The fourth-order valence-electron chi connectivity index (χ4n) is 1.20. The van der Waals surface area contributed by atoms with Crippen LogP contribution >= 0.6 is 11.6 Å². The third-order valence-electron chi connectivity index (χ3n) is 1.92. The molecule has 0 saturated carbocycles. The molecule has 0 radical (unpaired) electrons. The number of aryl methyl sites for hydroxylation is 1. The molecule has 0 N–H and O–H groups in total. The Morgan fingerprint density at radius 1 is 1.54 bits per heavy atom. The van der Waals surface area contributed by atoms with Gasteiger partial charge in [0.1, 0.15) is 0 Å². The minimum absolute atomic E-state index is 0.601. The van der Waals surface area contributed by atoms with Crippen molar-refractivity contribution in [2.24, 2.45) is 0 Å². The van der Waals surface area contributed by atoms with E-state index in [-0.39, 0.29) is 0 Å². The molecule has 1 aromatic heterocycles. The lowest BCUT2D eigenvalue weighted by atomic mass is 10.2. The van der Waals surface area contributed by atoms with Gasteiger partial charge in [0.25, 0.3) is 0 Å². The summed E-state index contributed by atoms with van der Waals surface area (Å²) in [6, 6.07) is 0. The van der Waals surface area contributed by atoms with Crippen LogP contribution in [0.3, 0.4) is 0 Å². The van der Waals surface area contributed by atoms with Crippen LogP contribution in [0.4, 0.5) is 0 Å². The first-order valence-electron chi connectivity index (χ1n) is 3.95. The molecule has 0 aliphatic carbocycles. The van der Waals surface area contributed by atoms with Crippen molar-refractivity contribution in [1.29, 1.82) is 0 Å². The van der Waals surface area contributed by atoms with Crippen molar-refractivity contribution in [3.8, 4) is 0 Å². The topological polar surface area (TPSA) is 34.9 Å². The minimum atomic E-state index is 0.601. The van der Waals surface area contributed by atoms with Crippen molar-refractivity contribution < 1.29 is 4.79 Å². The van der Waals surface area contributed by atoms with Crippen LogP contribution in [-0.4, -0.2) is 16.1 Å². The van der Waals surface area contributed by atoms with E-state index in [4.69, 9.17) is 11.6 Å². The van der Waals surface area contributed by atoms with E-state index in [1.807, 2.05) is 13.8 Å². The second-order valence-electron chi connectivity index (χ2n) is 2.75. The number of rotatable bonds is 3. The Bertz CT molecular complexity index is 342. The van der Waals surface area contributed by atoms with E-state index in [0.29, 0.717) is 12.1 Å². The Kier molecular flexibility index (Phi) is 3.25. The van der Waals surface area contributed by atoms with Crippen LogP contribution in [0.15, 0.2) is 11.6 Å². The molecule has 3 nitrogen and oxygen atoms in total. The Labute approximate surface area is 82.0 Å². The van der Waals surface area contributed by atoms with Gasteiger partial charge in [0.15, 0.2) is 6.29 Å². The van der Waals surface area contributed by atoms with Gasteiger partial charge < -0.3 is 0 Å².